The number of amides is 2. The summed E-state index contributed by atoms with van der Waals surface area (Å²) in [5, 5.41) is 0.666. The fourth-order valence-electron chi connectivity index (χ4n) is 2.81. The van der Waals surface area contributed by atoms with Gasteiger partial charge in [0.1, 0.15) is 0 Å². The molecule has 1 heterocycles. The van der Waals surface area contributed by atoms with Gasteiger partial charge in [-0.3, -0.25) is 9.59 Å². The Bertz CT molecular complexity index is 708. The first-order valence-electron chi connectivity index (χ1n) is 8.00. The van der Waals surface area contributed by atoms with Gasteiger partial charge in [-0.05, 0) is 29.8 Å². The highest BCUT2D eigenvalue weighted by molar-refractivity contribution is 6.30. The zero-order chi connectivity index (χ0) is 16.9. The van der Waals surface area contributed by atoms with Gasteiger partial charge < -0.3 is 9.80 Å². The van der Waals surface area contributed by atoms with Crippen LogP contribution in [0, 0.1) is 0 Å². The lowest BCUT2D eigenvalue weighted by Crippen LogP contribution is -2.51. The average Bonchev–Trinajstić information content (AvgIpc) is 2.64. The first-order chi connectivity index (χ1) is 11.6. The highest BCUT2D eigenvalue weighted by Crippen LogP contribution is 2.13. The molecular weight excluding hydrogens is 324 g/mol. The molecule has 0 bridgehead atoms. The second kappa shape index (κ2) is 7.49. The highest BCUT2D eigenvalue weighted by Gasteiger charge is 2.24. The van der Waals surface area contributed by atoms with Crippen LogP contribution >= 0.6 is 11.6 Å². The molecule has 24 heavy (non-hydrogen) atoms. The molecule has 0 aliphatic carbocycles. The Labute approximate surface area is 146 Å². The Morgan fingerprint density at radius 3 is 2.04 bits per heavy atom. The zero-order valence-corrected chi connectivity index (χ0v) is 14.1. The second-order valence-electron chi connectivity index (χ2n) is 5.84. The zero-order valence-electron chi connectivity index (χ0n) is 13.3. The largest absolute Gasteiger partial charge is 0.339 e. The van der Waals surface area contributed by atoms with Crippen LogP contribution in [0.3, 0.4) is 0 Å². The van der Waals surface area contributed by atoms with Gasteiger partial charge >= 0.3 is 0 Å². The normalized spacial score (nSPS) is 14.5. The summed E-state index contributed by atoms with van der Waals surface area (Å²) < 4.78 is 0. The lowest BCUT2D eigenvalue weighted by atomic mass is 10.1. The van der Waals surface area contributed by atoms with Gasteiger partial charge in [0, 0.05) is 36.8 Å². The molecule has 1 aliphatic heterocycles. The number of carbonyl (C=O) groups excluding carboxylic acids is 2. The predicted molar refractivity (Wildman–Crippen MR) is 94.1 cm³/mol. The average molecular weight is 343 g/mol. The van der Waals surface area contributed by atoms with Gasteiger partial charge in [-0.2, -0.15) is 0 Å². The summed E-state index contributed by atoms with van der Waals surface area (Å²) in [6.07, 6.45) is 0.365. The van der Waals surface area contributed by atoms with E-state index in [1.54, 1.807) is 17.0 Å². The summed E-state index contributed by atoms with van der Waals surface area (Å²) >= 11 is 5.86. The summed E-state index contributed by atoms with van der Waals surface area (Å²) in [4.78, 5) is 28.4. The number of halogens is 1. The summed E-state index contributed by atoms with van der Waals surface area (Å²) in [7, 11) is 0. The maximum atomic E-state index is 12.4. The molecule has 124 valence electrons. The molecule has 0 aromatic heterocycles. The summed E-state index contributed by atoms with van der Waals surface area (Å²) in [6.45, 7) is 2.29. The topological polar surface area (TPSA) is 40.6 Å². The lowest BCUT2D eigenvalue weighted by molar-refractivity contribution is -0.131. The fraction of sp³-hybridized carbons (Fsp3) is 0.263. The van der Waals surface area contributed by atoms with Crippen molar-refractivity contribution in [2.75, 3.05) is 26.2 Å². The maximum absolute atomic E-state index is 12.4. The van der Waals surface area contributed by atoms with Crippen molar-refractivity contribution in [3.05, 3.63) is 70.7 Å². The lowest BCUT2D eigenvalue weighted by Gasteiger charge is -2.35. The van der Waals surface area contributed by atoms with Crippen LogP contribution < -0.4 is 0 Å². The van der Waals surface area contributed by atoms with Gasteiger partial charge in [0.2, 0.25) is 5.91 Å². The quantitative estimate of drug-likeness (QED) is 0.860. The SMILES string of the molecule is O=C(Cc1ccc(Cl)cc1)N1CCN(C(=O)c2ccccc2)CC1. The molecule has 0 unspecified atom stereocenters. The molecule has 2 aromatic rings. The minimum Gasteiger partial charge on any atom is -0.339 e. The third-order valence-electron chi connectivity index (χ3n) is 4.21. The van der Waals surface area contributed by atoms with E-state index in [1.807, 2.05) is 47.4 Å². The minimum absolute atomic E-state index is 0.0281. The number of hydrogen-bond acceptors (Lipinski definition) is 2. The van der Waals surface area contributed by atoms with Gasteiger partial charge in [0.05, 0.1) is 6.42 Å². The molecule has 0 N–H and O–H groups in total. The van der Waals surface area contributed by atoms with Crippen molar-refractivity contribution in [1.82, 2.24) is 9.80 Å². The molecular formula is C19H19ClN2O2. The van der Waals surface area contributed by atoms with Gasteiger partial charge in [-0.1, -0.05) is 41.9 Å². The molecule has 4 nitrogen and oxygen atoms in total. The summed E-state index contributed by atoms with van der Waals surface area (Å²) in [5.74, 6) is 0.115. The molecule has 3 rings (SSSR count). The smallest absolute Gasteiger partial charge is 0.253 e. The van der Waals surface area contributed by atoms with Crippen LogP contribution in [0.15, 0.2) is 54.6 Å². The van der Waals surface area contributed by atoms with E-state index in [-0.39, 0.29) is 11.8 Å². The van der Waals surface area contributed by atoms with Crippen molar-refractivity contribution in [3.8, 4) is 0 Å². The Hall–Kier alpha value is -2.33. The number of nitrogens with zero attached hydrogens (tertiary/aromatic N) is 2. The van der Waals surface area contributed by atoms with Crippen LogP contribution in [0.4, 0.5) is 0 Å². The fourth-order valence-corrected chi connectivity index (χ4v) is 2.94. The van der Waals surface area contributed by atoms with E-state index in [4.69, 9.17) is 11.6 Å². The second-order valence-corrected chi connectivity index (χ2v) is 6.28. The van der Waals surface area contributed by atoms with Crippen molar-refractivity contribution in [2.45, 2.75) is 6.42 Å². The number of hydrogen-bond donors (Lipinski definition) is 0. The van der Waals surface area contributed by atoms with E-state index < -0.39 is 0 Å². The van der Waals surface area contributed by atoms with E-state index in [9.17, 15) is 9.59 Å². The first kappa shape index (κ1) is 16.5. The van der Waals surface area contributed by atoms with Crippen molar-refractivity contribution < 1.29 is 9.59 Å². The van der Waals surface area contributed by atoms with Crippen LogP contribution in [-0.4, -0.2) is 47.8 Å². The molecule has 1 fully saturated rings. The van der Waals surface area contributed by atoms with Crippen LogP contribution in [-0.2, 0) is 11.2 Å². The Kier molecular flexibility index (Phi) is 5.16. The third kappa shape index (κ3) is 3.95. The molecule has 1 saturated heterocycles. The molecule has 5 heteroatoms. The number of piperazine rings is 1. The Morgan fingerprint density at radius 1 is 0.833 bits per heavy atom. The first-order valence-corrected chi connectivity index (χ1v) is 8.38. The number of carbonyl (C=O) groups is 2. The maximum Gasteiger partial charge on any atom is 0.253 e. The van der Waals surface area contributed by atoms with Crippen molar-refractivity contribution in [2.24, 2.45) is 0 Å². The minimum atomic E-state index is 0.0281. The number of rotatable bonds is 3. The molecule has 0 spiro atoms. The molecule has 2 amide bonds. The number of benzene rings is 2. The van der Waals surface area contributed by atoms with Crippen LogP contribution in [0.1, 0.15) is 15.9 Å². The van der Waals surface area contributed by atoms with Crippen LogP contribution in [0.25, 0.3) is 0 Å². The Morgan fingerprint density at radius 2 is 1.42 bits per heavy atom. The van der Waals surface area contributed by atoms with Crippen molar-refractivity contribution in [1.29, 1.82) is 0 Å². The third-order valence-corrected chi connectivity index (χ3v) is 4.46. The van der Waals surface area contributed by atoms with Crippen molar-refractivity contribution >= 4 is 23.4 Å². The van der Waals surface area contributed by atoms with Crippen LogP contribution in [0.5, 0.6) is 0 Å². The molecule has 0 saturated carbocycles. The molecule has 2 aromatic carbocycles. The van der Waals surface area contributed by atoms with E-state index in [0.717, 1.165) is 5.56 Å². The van der Waals surface area contributed by atoms with E-state index >= 15 is 0 Å². The van der Waals surface area contributed by atoms with Crippen LogP contribution in [0.2, 0.25) is 5.02 Å². The highest BCUT2D eigenvalue weighted by atomic mass is 35.5. The predicted octanol–water partition coefficient (Wildman–Crippen LogP) is 2.87. The summed E-state index contributed by atoms with van der Waals surface area (Å²) in [5.41, 5.74) is 1.64. The Balaban J connectivity index is 1.54. The summed E-state index contributed by atoms with van der Waals surface area (Å²) in [6, 6.07) is 16.6. The standard InChI is InChI=1S/C19H19ClN2O2/c20-17-8-6-15(7-9-17)14-18(23)21-10-12-22(13-11-21)19(24)16-4-2-1-3-5-16/h1-9H,10-14H2. The van der Waals surface area contributed by atoms with Gasteiger partial charge in [0.15, 0.2) is 0 Å². The molecule has 0 atom stereocenters. The van der Waals surface area contributed by atoms with E-state index in [1.165, 1.54) is 0 Å². The van der Waals surface area contributed by atoms with E-state index in [2.05, 4.69) is 0 Å². The molecule has 1 aliphatic rings. The van der Waals surface area contributed by atoms with Gasteiger partial charge in [-0.25, -0.2) is 0 Å². The van der Waals surface area contributed by atoms with Crippen molar-refractivity contribution in [3.63, 3.8) is 0 Å². The van der Waals surface area contributed by atoms with Gasteiger partial charge in [-0.15, -0.1) is 0 Å². The molecule has 0 radical (unpaired) electrons. The van der Waals surface area contributed by atoms with Gasteiger partial charge in [0.25, 0.3) is 5.91 Å². The monoisotopic (exact) mass is 342 g/mol. The van der Waals surface area contributed by atoms with E-state index in [0.29, 0.717) is 43.2 Å².